The molecule has 0 aromatic carbocycles. The third-order valence-electron chi connectivity index (χ3n) is 2.93. The summed E-state index contributed by atoms with van der Waals surface area (Å²) in [5.74, 6) is -0.0373. The van der Waals surface area contributed by atoms with Crippen LogP contribution in [0.25, 0.3) is 0 Å². The van der Waals surface area contributed by atoms with Crippen LogP contribution in [0.5, 0.6) is 0 Å². The van der Waals surface area contributed by atoms with Gasteiger partial charge in [-0.15, -0.1) is 11.3 Å². The summed E-state index contributed by atoms with van der Waals surface area (Å²) in [6.07, 6.45) is 0.844. The van der Waals surface area contributed by atoms with E-state index in [0.29, 0.717) is 10.8 Å². The first-order valence-electron chi connectivity index (χ1n) is 6.19. The maximum absolute atomic E-state index is 11.9. The van der Waals surface area contributed by atoms with Crippen molar-refractivity contribution in [2.24, 2.45) is 0 Å². The molecule has 7 heteroatoms. The van der Waals surface area contributed by atoms with E-state index in [0.717, 1.165) is 6.42 Å². The maximum atomic E-state index is 11.9. The van der Waals surface area contributed by atoms with Gasteiger partial charge < -0.3 is 4.90 Å². The molecule has 1 aromatic rings. The summed E-state index contributed by atoms with van der Waals surface area (Å²) >= 11 is 1.17. The average Bonchev–Trinajstić information content (AvgIpc) is 2.87. The molecule has 0 saturated carbocycles. The van der Waals surface area contributed by atoms with Gasteiger partial charge >= 0.3 is 0 Å². The van der Waals surface area contributed by atoms with E-state index in [1.807, 2.05) is 13.8 Å². The Balaban J connectivity index is 2.55. The van der Waals surface area contributed by atoms with Crippen LogP contribution in [-0.2, 0) is 14.8 Å². The van der Waals surface area contributed by atoms with E-state index in [9.17, 15) is 13.2 Å². The number of carbonyl (C=O) groups excluding carboxylic acids is 1. The third-order valence-corrected chi connectivity index (χ3v) is 5.79. The summed E-state index contributed by atoms with van der Waals surface area (Å²) in [5.41, 5.74) is 0. The highest BCUT2D eigenvalue weighted by molar-refractivity contribution is 7.91. The van der Waals surface area contributed by atoms with Crippen molar-refractivity contribution in [2.75, 3.05) is 13.1 Å². The molecule has 0 saturated heterocycles. The van der Waals surface area contributed by atoms with Crippen molar-refractivity contribution >= 4 is 27.3 Å². The lowest BCUT2D eigenvalue weighted by Gasteiger charge is -2.27. The highest BCUT2D eigenvalue weighted by Gasteiger charge is 2.18. The Labute approximate surface area is 118 Å². The Hall–Kier alpha value is -0.920. The number of thiophene rings is 1. The molecule has 0 aliphatic carbocycles. The molecule has 5 nitrogen and oxygen atoms in total. The number of amides is 1. The molecule has 0 radical (unpaired) electrons. The fraction of sp³-hybridized carbons (Fsp3) is 0.583. The lowest BCUT2D eigenvalue weighted by molar-refractivity contribution is -0.130. The van der Waals surface area contributed by atoms with E-state index in [1.54, 1.807) is 22.4 Å². The monoisotopic (exact) mass is 304 g/mol. The highest BCUT2D eigenvalue weighted by Crippen LogP contribution is 2.15. The second-order valence-corrected chi connectivity index (χ2v) is 7.24. The molecule has 0 fully saturated rings. The minimum atomic E-state index is -3.44. The van der Waals surface area contributed by atoms with Crippen molar-refractivity contribution in [1.29, 1.82) is 0 Å². The van der Waals surface area contributed by atoms with Crippen molar-refractivity contribution in [3.63, 3.8) is 0 Å². The number of rotatable bonds is 7. The zero-order chi connectivity index (χ0) is 14.5. The second kappa shape index (κ2) is 7.02. The van der Waals surface area contributed by atoms with E-state index in [4.69, 9.17) is 0 Å². The number of hydrogen-bond donors (Lipinski definition) is 1. The topological polar surface area (TPSA) is 66.5 Å². The van der Waals surface area contributed by atoms with E-state index in [1.165, 1.54) is 18.3 Å². The van der Waals surface area contributed by atoms with Gasteiger partial charge in [-0.3, -0.25) is 4.79 Å². The normalized spacial score (nSPS) is 13.2. The van der Waals surface area contributed by atoms with Crippen LogP contribution in [0, 0.1) is 0 Å². The summed E-state index contributed by atoms with van der Waals surface area (Å²) in [5, 5.41) is 1.72. The maximum Gasteiger partial charge on any atom is 0.250 e. The van der Waals surface area contributed by atoms with Crippen LogP contribution in [-0.4, -0.2) is 38.4 Å². The lowest BCUT2D eigenvalue weighted by Crippen LogP contribution is -2.42. The number of hydrogen-bond acceptors (Lipinski definition) is 4. The number of nitrogens with one attached hydrogen (secondary N) is 1. The minimum absolute atomic E-state index is 0.0373. The molecule has 0 spiro atoms. The van der Waals surface area contributed by atoms with Gasteiger partial charge in [0.2, 0.25) is 15.9 Å². The third kappa shape index (κ3) is 4.59. The first-order valence-corrected chi connectivity index (χ1v) is 8.55. The first kappa shape index (κ1) is 16.1. The van der Waals surface area contributed by atoms with Gasteiger partial charge in [0, 0.05) is 26.1 Å². The molecular formula is C12H20N2O3S2. The first-order chi connectivity index (χ1) is 8.88. The quantitative estimate of drug-likeness (QED) is 0.833. The number of carbonyl (C=O) groups is 1. The van der Waals surface area contributed by atoms with Gasteiger partial charge in [0.15, 0.2) is 0 Å². The molecule has 1 N–H and O–H groups in total. The number of nitrogens with zero attached hydrogens (tertiary/aromatic N) is 1. The second-order valence-electron chi connectivity index (χ2n) is 4.30. The van der Waals surface area contributed by atoms with E-state index >= 15 is 0 Å². The van der Waals surface area contributed by atoms with Crippen LogP contribution in [0.2, 0.25) is 0 Å². The molecule has 1 amide bonds. The fourth-order valence-corrected chi connectivity index (χ4v) is 3.76. The van der Waals surface area contributed by atoms with Crippen LogP contribution < -0.4 is 4.72 Å². The predicted octanol–water partition coefficient (Wildman–Crippen LogP) is 1.67. The Morgan fingerprint density at radius 3 is 2.68 bits per heavy atom. The number of sulfonamides is 1. The smallest absolute Gasteiger partial charge is 0.250 e. The van der Waals surface area contributed by atoms with E-state index in [2.05, 4.69) is 4.72 Å². The SMILES string of the molecule is CCC(C)N(CCNS(=O)(=O)c1cccs1)C(C)=O. The van der Waals surface area contributed by atoms with Crippen LogP contribution in [0.3, 0.4) is 0 Å². The van der Waals surface area contributed by atoms with E-state index in [-0.39, 0.29) is 18.5 Å². The van der Waals surface area contributed by atoms with E-state index < -0.39 is 10.0 Å². The highest BCUT2D eigenvalue weighted by atomic mass is 32.2. The van der Waals surface area contributed by atoms with Gasteiger partial charge in [-0.1, -0.05) is 13.0 Å². The average molecular weight is 304 g/mol. The van der Waals surface area contributed by atoms with Gasteiger partial charge in [-0.2, -0.15) is 0 Å². The fourth-order valence-electron chi connectivity index (χ4n) is 1.70. The summed E-state index contributed by atoms with van der Waals surface area (Å²) in [6.45, 7) is 6.06. The molecular weight excluding hydrogens is 284 g/mol. The van der Waals surface area contributed by atoms with Crippen LogP contribution in [0.15, 0.2) is 21.7 Å². The molecule has 0 aliphatic heterocycles. The minimum Gasteiger partial charge on any atom is -0.339 e. The molecule has 108 valence electrons. The molecule has 19 heavy (non-hydrogen) atoms. The summed E-state index contributed by atoms with van der Waals surface area (Å²) < 4.78 is 26.6. The Morgan fingerprint density at radius 1 is 1.53 bits per heavy atom. The Bertz CT molecular complexity index is 497. The molecule has 0 bridgehead atoms. The van der Waals surface area contributed by atoms with Gasteiger partial charge in [-0.05, 0) is 24.8 Å². The van der Waals surface area contributed by atoms with Crippen LogP contribution in [0.1, 0.15) is 27.2 Å². The van der Waals surface area contributed by atoms with Crippen molar-refractivity contribution in [1.82, 2.24) is 9.62 Å². The Kier molecular flexibility index (Phi) is 5.96. The van der Waals surface area contributed by atoms with Gasteiger partial charge in [0.25, 0.3) is 0 Å². The predicted molar refractivity (Wildman–Crippen MR) is 76.6 cm³/mol. The lowest BCUT2D eigenvalue weighted by atomic mass is 10.2. The zero-order valence-corrected chi connectivity index (χ0v) is 13.1. The van der Waals surface area contributed by atoms with Gasteiger partial charge in [0.1, 0.15) is 4.21 Å². The van der Waals surface area contributed by atoms with Crippen LogP contribution >= 0.6 is 11.3 Å². The summed E-state index contributed by atoms with van der Waals surface area (Å²) in [4.78, 5) is 13.2. The molecule has 1 atom stereocenters. The van der Waals surface area contributed by atoms with Crippen LogP contribution in [0.4, 0.5) is 0 Å². The zero-order valence-electron chi connectivity index (χ0n) is 11.4. The van der Waals surface area contributed by atoms with Crippen molar-refractivity contribution in [2.45, 2.75) is 37.4 Å². The molecule has 1 rings (SSSR count). The standard InChI is InChI=1S/C12H20N2O3S2/c1-4-10(2)14(11(3)15)8-7-13-19(16,17)12-6-5-9-18-12/h5-6,9-10,13H,4,7-8H2,1-3H3. The van der Waals surface area contributed by atoms with Crippen molar-refractivity contribution in [3.05, 3.63) is 17.5 Å². The molecule has 1 heterocycles. The molecule has 1 unspecified atom stereocenters. The summed E-state index contributed by atoms with van der Waals surface area (Å²) in [6, 6.07) is 3.37. The molecule has 0 aliphatic rings. The van der Waals surface area contributed by atoms with Gasteiger partial charge in [-0.25, -0.2) is 13.1 Å². The Morgan fingerprint density at radius 2 is 2.21 bits per heavy atom. The largest absolute Gasteiger partial charge is 0.339 e. The van der Waals surface area contributed by atoms with Crippen molar-refractivity contribution < 1.29 is 13.2 Å². The summed E-state index contributed by atoms with van der Waals surface area (Å²) in [7, 11) is -3.44. The van der Waals surface area contributed by atoms with Gasteiger partial charge in [0.05, 0.1) is 0 Å². The van der Waals surface area contributed by atoms with Crippen molar-refractivity contribution in [3.8, 4) is 0 Å². The molecule has 1 aromatic heterocycles.